The van der Waals surface area contributed by atoms with Crippen LogP contribution < -0.4 is 4.90 Å². The largest absolute Gasteiger partial charge is 0.310 e. The Labute approximate surface area is 272 Å². The van der Waals surface area contributed by atoms with E-state index in [1.807, 2.05) is 12.1 Å². The maximum Gasteiger partial charge on any atom is 0.0754 e. The Morgan fingerprint density at radius 1 is 0.435 bits per heavy atom. The van der Waals surface area contributed by atoms with Crippen LogP contribution in [0.5, 0.6) is 0 Å². The van der Waals surface area contributed by atoms with E-state index < -0.39 is 5.41 Å². The number of halogens is 1. The van der Waals surface area contributed by atoms with Crippen molar-refractivity contribution in [1.82, 2.24) is 4.57 Å². The van der Waals surface area contributed by atoms with Crippen molar-refractivity contribution in [2.45, 2.75) is 5.41 Å². The second-order valence-electron chi connectivity index (χ2n) is 12.2. The summed E-state index contributed by atoms with van der Waals surface area (Å²) in [6.07, 6.45) is 0. The Kier molecular flexibility index (Phi) is 5.29. The normalized spacial score (nSPS) is 13.9. The second-order valence-corrected chi connectivity index (χ2v) is 12.6. The smallest absolute Gasteiger partial charge is 0.0754 e. The number of para-hydroxylation sites is 5. The number of fused-ring (bicyclic) bond motifs is 12. The molecule has 1 aliphatic heterocycles. The lowest BCUT2D eigenvalue weighted by Gasteiger charge is -2.45. The van der Waals surface area contributed by atoms with Crippen molar-refractivity contribution in [2.75, 3.05) is 4.90 Å². The molecule has 0 fully saturated rings. The molecule has 2 nitrogen and oxygen atoms in total. The molecule has 2 heterocycles. The zero-order valence-electron chi connectivity index (χ0n) is 24.9. The molecule has 0 radical (unpaired) electrons. The number of anilines is 3. The molecule has 10 rings (SSSR count). The van der Waals surface area contributed by atoms with Crippen LogP contribution in [0.15, 0.2) is 164 Å². The first-order valence-corrected chi connectivity index (χ1v) is 16.1. The lowest BCUT2D eigenvalue weighted by atomic mass is 9.64. The van der Waals surface area contributed by atoms with Crippen LogP contribution in [-0.4, -0.2) is 4.57 Å². The van der Waals surface area contributed by atoms with E-state index in [2.05, 4.69) is 161 Å². The van der Waals surface area contributed by atoms with Gasteiger partial charge in [-0.1, -0.05) is 127 Å². The van der Waals surface area contributed by atoms with Gasteiger partial charge in [0.1, 0.15) is 0 Å². The standard InChI is InChI=1S/C43H27ClN2/c44-38-21-12-17-32-31-16-5-9-22-39(31)46(42(32)38)29-25-26-35-33(27-29)30-15-4-6-18-34(30)43(35)36-19-7-10-23-40(36)45(28-13-2-1-3-14-28)41-24-11-8-20-37(41)43/h1-27H. The molecular weight excluding hydrogens is 580 g/mol. The summed E-state index contributed by atoms with van der Waals surface area (Å²) in [6, 6.07) is 59.4. The molecule has 0 saturated carbocycles. The minimum absolute atomic E-state index is 0.471. The monoisotopic (exact) mass is 606 g/mol. The molecule has 1 spiro atoms. The van der Waals surface area contributed by atoms with Crippen LogP contribution in [0.1, 0.15) is 22.3 Å². The molecule has 0 amide bonds. The molecule has 46 heavy (non-hydrogen) atoms. The zero-order valence-corrected chi connectivity index (χ0v) is 25.6. The average molecular weight is 607 g/mol. The van der Waals surface area contributed by atoms with Crippen LogP contribution in [0, 0.1) is 0 Å². The average Bonchev–Trinajstić information content (AvgIpc) is 3.61. The summed E-state index contributed by atoms with van der Waals surface area (Å²) >= 11 is 6.95. The van der Waals surface area contributed by atoms with Crippen molar-refractivity contribution < 1.29 is 0 Å². The van der Waals surface area contributed by atoms with E-state index in [0.29, 0.717) is 0 Å². The molecular formula is C43H27ClN2. The fourth-order valence-corrected chi connectivity index (χ4v) is 8.60. The Morgan fingerprint density at radius 3 is 1.83 bits per heavy atom. The van der Waals surface area contributed by atoms with Crippen molar-refractivity contribution in [3.8, 4) is 16.8 Å². The predicted molar refractivity (Wildman–Crippen MR) is 191 cm³/mol. The second kappa shape index (κ2) is 9.47. The van der Waals surface area contributed by atoms with E-state index in [0.717, 1.165) is 32.8 Å². The van der Waals surface area contributed by atoms with Gasteiger partial charge in [0.05, 0.1) is 32.8 Å². The molecule has 2 aliphatic rings. The summed E-state index contributed by atoms with van der Waals surface area (Å²) in [5, 5.41) is 3.12. The molecule has 0 saturated heterocycles. The molecule has 0 unspecified atom stereocenters. The first-order valence-electron chi connectivity index (χ1n) is 15.7. The van der Waals surface area contributed by atoms with Crippen LogP contribution >= 0.6 is 11.6 Å². The lowest BCUT2D eigenvalue weighted by molar-refractivity contribution is 0.752. The summed E-state index contributed by atoms with van der Waals surface area (Å²) in [7, 11) is 0. The van der Waals surface area contributed by atoms with Gasteiger partial charge in [0.2, 0.25) is 0 Å². The van der Waals surface area contributed by atoms with Crippen molar-refractivity contribution in [3.05, 3.63) is 191 Å². The first-order chi connectivity index (χ1) is 22.8. The van der Waals surface area contributed by atoms with Crippen LogP contribution in [-0.2, 0) is 5.41 Å². The highest BCUT2D eigenvalue weighted by Gasteiger charge is 2.51. The van der Waals surface area contributed by atoms with Crippen molar-refractivity contribution >= 4 is 50.5 Å². The van der Waals surface area contributed by atoms with Crippen molar-refractivity contribution in [1.29, 1.82) is 0 Å². The molecule has 0 bridgehead atoms. The number of hydrogen-bond donors (Lipinski definition) is 0. The predicted octanol–water partition coefficient (Wildman–Crippen LogP) is 11.6. The minimum Gasteiger partial charge on any atom is -0.310 e. The fourth-order valence-electron chi connectivity index (χ4n) is 8.34. The maximum atomic E-state index is 6.95. The number of nitrogens with zero attached hydrogens (tertiary/aromatic N) is 2. The molecule has 8 aromatic rings. The number of aromatic nitrogens is 1. The van der Waals surface area contributed by atoms with Gasteiger partial charge in [-0.05, 0) is 81.9 Å². The third-order valence-electron chi connectivity index (χ3n) is 10.0. The Balaban J connectivity index is 1.30. The molecule has 0 N–H and O–H groups in total. The van der Waals surface area contributed by atoms with Crippen LogP contribution in [0.4, 0.5) is 17.1 Å². The van der Waals surface area contributed by atoms with E-state index in [-0.39, 0.29) is 0 Å². The number of rotatable bonds is 2. The van der Waals surface area contributed by atoms with E-state index in [9.17, 15) is 0 Å². The summed E-state index contributed by atoms with van der Waals surface area (Å²) < 4.78 is 2.33. The Morgan fingerprint density at radius 2 is 1.04 bits per heavy atom. The SMILES string of the molecule is Clc1cccc2c3ccccc3n(-c3ccc4c(c3)-c3ccccc3C43c4ccccc4N(c4ccccc4)c4ccccc43)c12. The van der Waals surface area contributed by atoms with Crippen LogP contribution in [0.3, 0.4) is 0 Å². The van der Waals surface area contributed by atoms with Gasteiger partial charge in [0.25, 0.3) is 0 Å². The van der Waals surface area contributed by atoms with Gasteiger partial charge in [-0.15, -0.1) is 0 Å². The number of hydrogen-bond acceptors (Lipinski definition) is 1. The maximum absolute atomic E-state index is 6.95. The third-order valence-corrected chi connectivity index (χ3v) is 10.3. The molecule has 0 atom stereocenters. The van der Waals surface area contributed by atoms with Crippen LogP contribution in [0.25, 0.3) is 38.6 Å². The van der Waals surface area contributed by atoms with Crippen molar-refractivity contribution in [3.63, 3.8) is 0 Å². The van der Waals surface area contributed by atoms with Gasteiger partial charge in [-0.25, -0.2) is 0 Å². The van der Waals surface area contributed by atoms with Gasteiger partial charge in [0.15, 0.2) is 0 Å². The summed E-state index contributed by atoms with van der Waals surface area (Å²) in [5.41, 5.74) is 14.1. The highest BCUT2D eigenvalue weighted by atomic mass is 35.5. The molecule has 3 heteroatoms. The highest BCUT2D eigenvalue weighted by molar-refractivity contribution is 6.36. The fraction of sp³-hybridized carbons (Fsp3) is 0.0233. The summed E-state index contributed by atoms with van der Waals surface area (Å²) in [5.74, 6) is 0. The van der Waals surface area contributed by atoms with Gasteiger partial charge in [-0.2, -0.15) is 0 Å². The van der Waals surface area contributed by atoms with Gasteiger partial charge in [-0.3, -0.25) is 0 Å². The molecule has 1 aromatic heterocycles. The summed E-state index contributed by atoms with van der Waals surface area (Å²) in [6.45, 7) is 0. The van der Waals surface area contributed by atoms with Gasteiger partial charge < -0.3 is 9.47 Å². The first kappa shape index (κ1) is 25.7. The molecule has 1 aliphatic carbocycles. The van der Waals surface area contributed by atoms with Crippen molar-refractivity contribution in [2.24, 2.45) is 0 Å². The van der Waals surface area contributed by atoms with Gasteiger partial charge in [0, 0.05) is 22.1 Å². The van der Waals surface area contributed by atoms with E-state index in [1.54, 1.807) is 0 Å². The van der Waals surface area contributed by atoms with Crippen LogP contribution in [0.2, 0.25) is 5.02 Å². The third kappa shape index (κ3) is 3.21. The van der Waals surface area contributed by atoms with E-state index in [4.69, 9.17) is 11.6 Å². The lowest BCUT2D eigenvalue weighted by Crippen LogP contribution is -2.36. The van der Waals surface area contributed by atoms with E-state index in [1.165, 1.54) is 50.1 Å². The quantitative estimate of drug-likeness (QED) is 0.190. The Bertz CT molecular complexity index is 2460. The summed E-state index contributed by atoms with van der Waals surface area (Å²) in [4.78, 5) is 2.42. The molecule has 216 valence electrons. The number of benzene rings is 7. The zero-order chi connectivity index (χ0) is 30.4. The minimum atomic E-state index is -0.471. The topological polar surface area (TPSA) is 8.17 Å². The molecule has 7 aromatic carbocycles. The van der Waals surface area contributed by atoms with Gasteiger partial charge >= 0.3 is 0 Å². The Hall–Kier alpha value is -5.57. The highest BCUT2D eigenvalue weighted by Crippen LogP contribution is 2.63. The van der Waals surface area contributed by atoms with E-state index >= 15 is 0 Å².